The summed E-state index contributed by atoms with van der Waals surface area (Å²) in [4.78, 5) is 31.4. The first-order valence-corrected chi connectivity index (χ1v) is 8.10. The van der Waals surface area contributed by atoms with Crippen LogP contribution in [0.3, 0.4) is 0 Å². The molecule has 0 atom stereocenters. The molecule has 0 bridgehead atoms. The fraction of sp³-hybridized carbons (Fsp3) is 0.500. The van der Waals surface area contributed by atoms with Crippen molar-refractivity contribution in [2.75, 3.05) is 0 Å². The van der Waals surface area contributed by atoms with Crippen LogP contribution >= 0.6 is 0 Å². The van der Waals surface area contributed by atoms with Crippen LogP contribution in [0.2, 0.25) is 0 Å². The standard InChI is InChI=1S/3C2H4O2.Pb/c3*1-2(3)4;/h3*1H3,(H,3,4);/q;;;+3/p-3. The predicted molar refractivity (Wildman–Crippen MR) is 41.1 cm³/mol. The predicted octanol–water partition coefficient (Wildman–Crippen LogP) is -0.339. The van der Waals surface area contributed by atoms with E-state index in [2.05, 4.69) is 8.06 Å². The molecule has 0 aromatic carbocycles. The minimum atomic E-state index is -3.68. The molecule has 0 fully saturated rings. The second kappa shape index (κ2) is 5.89. The molecule has 1 radical (unpaired) electrons. The van der Waals surface area contributed by atoms with E-state index in [0.717, 1.165) is 20.8 Å². The fourth-order valence-corrected chi connectivity index (χ4v) is 3.64. The van der Waals surface area contributed by atoms with Crippen molar-refractivity contribution in [1.82, 2.24) is 0 Å². The fourth-order valence-electron chi connectivity index (χ4n) is 0.415. The molecule has 0 N–H and O–H groups in total. The Morgan fingerprint density at radius 2 is 1.00 bits per heavy atom. The normalized spacial score (nSPS) is 9.23. The van der Waals surface area contributed by atoms with E-state index in [-0.39, 0.29) is 0 Å². The van der Waals surface area contributed by atoms with Crippen molar-refractivity contribution < 1.29 is 22.4 Å². The van der Waals surface area contributed by atoms with Crippen LogP contribution in [0.25, 0.3) is 0 Å². The zero-order valence-electron chi connectivity index (χ0n) is 7.45. The van der Waals surface area contributed by atoms with Gasteiger partial charge in [-0.05, 0) is 0 Å². The number of carbonyl (C=O) groups is 3. The van der Waals surface area contributed by atoms with Gasteiger partial charge in [-0.2, -0.15) is 0 Å². The molecule has 0 aliphatic rings. The molecule has 6 nitrogen and oxygen atoms in total. The SMILES string of the molecule is CC(=O)[O][Pb]([O]C(C)=O)[O]C(C)=O. The van der Waals surface area contributed by atoms with Crippen LogP contribution in [0.4, 0.5) is 0 Å². The van der Waals surface area contributed by atoms with Crippen molar-refractivity contribution in [3.63, 3.8) is 0 Å². The third kappa shape index (κ3) is 7.69. The summed E-state index contributed by atoms with van der Waals surface area (Å²) in [5, 5.41) is 0. The van der Waals surface area contributed by atoms with E-state index in [1.54, 1.807) is 0 Å². The Morgan fingerprint density at radius 1 is 0.769 bits per heavy atom. The molecular weight excluding hydrogens is 375 g/mol. The van der Waals surface area contributed by atoms with Gasteiger partial charge in [0.25, 0.3) is 0 Å². The first kappa shape index (κ1) is 12.3. The molecule has 0 aliphatic heterocycles. The molecule has 0 amide bonds. The van der Waals surface area contributed by atoms with E-state index >= 15 is 0 Å². The van der Waals surface area contributed by atoms with Crippen molar-refractivity contribution in [2.24, 2.45) is 0 Å². The summed E-state index contributed by atoms with van der Waals surface area (Å²) in [6.45, 7) is 3.45. The first-order valence-electron chi connectivity index (χ1n) is 3.34. The molecule has 0 saturated heterocycles. The Kier molecular flexibility index (Phi) is 5.59. The van der Waals surface area contributed by atoms with E-state index in [0.29, 0.717) is 0 Å². The van der Waals surface area contributed by atoms with Gasteiger partial charge in [0.15, 0.2) is 0 Å². The van der Waals surface area contributed by atoms with Crippen LogP contribution < -0.4 is 0 Å². The number of hydrogen-bond donors (Lipinski definition) is 0. The Morgan fingerprint density at radius 3 is 1.15 bits per heavy atom. The quantitative estimate of drug-likeness (QED) is 0.620. The van der Waals surface area contributed by atoms with Gasteiger partial charge in [-0.15, -0.1) is 0 Å². The van der Waals surface area contributed by atoms with Crippen LogP contribution in [0.5, 0.6) is 0 Å². The maximum absolute atomic E-state index is 10.5. The average molecular weight is 384 g/mol. The molecule has 73 valence electrons. The third-order valence-corrected chi connectivity index (χ3v) is 5.98. The second-order valence-corrected chi connectivity index (χ2v) is 6.36. The summed E-state index contributed by atoms with van der Waals surface area (Å²) in [6, 6.07) is 0. The van der Waals surface area contributed by atoms with E-state index in [1.807, 2.05) is 0 Å². The maximum atomic E-state index is 10.5. The summed E-state index contributed by atoms with van der Waals surface area (Å²) in [7, 11) is 0. The topological polar surface area (TPSA) is 78.9 Å². The molecule has 0 saturated carbocycles. The van der Waals surface area contributed by atoms with Crippen molar-refractivity contribution in [3.8, 4) is 0 Å². The van der Waals surface area contributed by atoms with Crippen molar-refractivity contribution in [2.45, 2.75) is 20.8 Å². The number of hydrogen-bond acceptors (Lipinski definition) is 6. The third-order valence-electron chi connectivity index (χ3n) is 0.681. The molecule has 0 heterocycles. The molecule has 0 aromatic heterocycles. The van der Waals surface area contributed by atoms with Gasteiger partial charge in [0.05, 0.1) is 0 Å². The van der Waals surface area contributed by atoms with Crippen LogP contribution in [-0.2, 0) is 22.4 Å². The van der Waals surface area contributed by atoms with Gasteiger partial charge < -0.3 is 0 Å². The molecule has 7 heteroatoms. The number of rotatable bonds is 3. The van der Waals surface area contributed by atoms with Gasteiger partial charge >= 0.3 is 85.2 Å². The average Bonchev–Trinajstić information content (AvgIpc) is 1.80. The van der Waals surface area contributed by atoms with Crippen LogP contribution in [-0.4, -0.2) is 42.0 Å². The summed E-state index contributed by atoms with van der Waals surface area (Å²) in [5.74, 6) is -1.86. The van der Waals surface area contributed by atoms with Gasteiger partial charge in [0, 0.05) is 0 Å². The zero-order valence-corrected chi connectivity index (χ0v) is 11.3. The van der Waals surface area contributed by atoms with Gasteiger partial charge in [-0.1, -0.05) is 0 Å². The van der Waals surface area contributed by atoms with E-state index in [1.165, 1.54) is 0 Å². The van der Waals surface area contributed by atoms with Crippen LogP contribution in [0.15, 0.2) is 0 Å². The summed E-state index contributed by atoms with van der Waals surface area (Å²) >= 11 is -3.68. The molecular formula is C6H9O6Pb. The molecule has 0 aromatic rings. The summed E-state index contributed by atoms with van der Waals surface area (Å²) in [6.07, 6.45) is 0. The monoisotopic (exact) mass is 385 g/mol. The van der Waals surface area contributed by atoms with Crippen molar-refractivity contribution in [1.29, 1.82) is 0 Å². The molecule has 0 spiro atoms. The zero-order chi connectivity index (χ0) is 10.4. The van der Waals surface area contributed by atoms with Crippen LogP contribution in [0, 0.1) is 0 Å². The van der Waals surface area contributed by atoms with Crippen molar-refractivity contribution >= 4 is 42.0 Å². The van der Waals surface area contributed by atoms with Gasteiger partial charge in [-0.25, -0.2) is 0 Å². The molecule has 0 unspecified atom stereocenters. The van der Waals surface area contributed by atoms with Gasteiger partial charge in [0.2, 0.25) is 0 Å². The second-order valence-electron chi connectivity index (χ2n) is 2.03. The Hall–Kier alpha value is -0.668. The van der Waals surface area contributed by atoms with E-state index in [9.17, 15) is 14.4 Å². The van der Waals surface area contributed by atoms with Crippen LogP contribution in [0.1, 0.15) is 20.8 Å². The van der Waals surface area contributed by atoms with Gasteiger partial charge in [0.1, 0.15) is 0 Å². The van der Waals surface area contributed by atoms with Crippen molar-refractivity contribution in [3.05, 3.63) is 0 Å². The molecule has 0 aliphatic carbocycles. The summed E-state index contributed by atoms with van der Waals surface area (Å²) in [5.41, 5.74) is 0. The molecule has 0 rings (SSSR count). The number of carbonyl (C=O) groups excluding carboxylic acids is 3. The Labute approximate surface area is 85.2 Å². The molecule has 13 heavy (non-hydrogen) atoms. The Balaban J connectivity index is 4.10. The van der Waals surface area contributed by atoms with Gasteiger partial charge in [-0.3, -0.25) is 0 Å². The van der Waals surface area contributed by atoms with E-state index in [4.69, 9.17) is 0 Å². The Bertz CT molecular complexity index is 187. The van der Waals surface area contributed by atoms with E-state index < -0.39 is 42.0 Å². The minimum absolute atomic E-state index is 0.621. The summed E-state index contributed by atoms with van der Waals surface area (Å²) < 4.78 is 13.7. The first-order chi connectivity index (χ1) is 5.91.